The molecule has 0 saturated carbocycles. The fourth-order valence-corrected chi connectivity index (χ4v) is 3.94. The molecule has 4 aromatic rings. The summed E-state index contributed by atoms with van der Waals surface area (Å²) < 4.78 is 52.3. The number of hydrogen-bond donors (Lipinski definition) is 2. The molecular formula is C19H14ClF2N4O2S-. The summed E-state index contributed by atoms with van der Waals surface area (Å²) in [5, 5.41) is 9.20. The summed E-state index contributed by atoms with van der Waals surface area (Å²) in [6, 6.07) is 7.69. The molecule has 6 nitrogen and oxygen atoms in total. The number of nitrogens with zero attached hydrogens (tertiary/aromatic N) is 2. The maximum absolute atomic E-state index is 14.6. The summed E-state index contributed by atoms with van der Waals surface area (Å²) >= 11 is 3.89. The Bertz CT molecular complexity index is 1230. The van der Waals surface area contributed by atoms with Gasteiger partial charge in [-0.2, -0.15) is 5.10 Å². The van der Waals surface area contributed by atoms with Gasteiger partial charge in [0.2, 0.25) is 0 Å². The van der Waals surface area contributed by atoms with Crippen molar-refractivity contribution in [3.63, 3.8) is 0 Å². The third-order valence-electron chi connectivity index (χ3n) is 4.66. The van der Waals surface area contributed by atoms with Gasteiger partial charge in [0.15, 0.2) is 5.65 Å². The minimum Gasteiger partial charge on any atom is -0.760 e. The number of aromatic nitrogens is 3. The number of pyridine rings is 1. The minimum absolute atomic E-state index is 0.0440. The maximum atomic E-state index is 14.6. The number of H-pyrrole nitrogens is 1. The van der Waals surface area contributed by atoms with Gasteiger partial charge in [0.25, 0.3) is 0 Å². The van der Waals surface area contributed by atoms with Crippen molar-refractivity contribution in [3.8, 4) is 11.1 Å². The van der Waals surface area contributed by atoms with Crippen molar-refractivity contribution in [1.82, 2.24) is 19.9 Å². The van der Waals surface area contributed by atoms with E-state index in [0.29, 0.717) is 11.2 Å². The van der Waals surface area contributed by atoms with Crippen LogP contribution in [0.15, 0.2) is 42.7 Å². The Balaban J connectivity index is 1.74. The molecule has 150 valence electrons. The summed E-state index contributed by atoms with van der Waals surface area (Å²) in [5.41, 5.74) is 1.31. The molecule has 2 heterocycles. The first-order valence-electron chi connectivity index (χ1n) is 8.62. The van der Waals surface area contributed by atoms with Crippen molar-refractivity contribution in [2.24, 2.45) is 0 Å². The Hall–Kier alpha value is -2.46. The third-order valence-corrected chi connectivity index (χ3v) is 5.51. The smallest absolute Gasteiger partial charge is 0.155 e. The Kier molecular flexibility index (Phi) is 5.55. The van der Waals surface area contributed by atoms with Gasteiger partial charge in [0.1, 0.15) is 12.0 Å². The Morgan fingerprint density at radius 2 is 2.07 bits per heavy atom. The second kappa shape index (κ2) is 8.11. The van der Waals surface area contributed by atoms with E-state index in [1.165, 1.54) is 6.07 Å². The predicted molar refractivity (Wildman–Crippen MR) is 107 cm³/mol. The average Bonchev–Trinajstić information content (AvgIpc) is 3.16. The molecule has 2 unspecified atom stereocenters. The van der Waals surface area contributed by atoms with E-state index >= 15 is 0 Å². The van der Waals surface area contributed by atoms with E-state index in [9.17, 15) is 17.5 Å². The predicted octanol–water partition coefficient (Wildman–Crippen LogP) is 4.36. The molecule has 0 bridgehead atoms. The normalized spacial score (nSPS) is 13.8. The molecule has 2 aromatic carbocycles. The minimum atomic E-state index is -2.47. The lowest BCUT2D eigenvalue weighted by molar-refractivity contribution is 0.324. The van der Waals surface area contributed by atoms with Gasteiger partial charge in [-0.15, -0.1) is 0 Å². The molecule has 0 aliphatic heterocycles. The zero-order valence-electron chi connectivity index (χ0n) is 14.8. The van der Waals surface area contributed by atoms with Crippen LogP contribution in [0.5, 0.6) is 0 Å². The van der Waals surface area contributed by atoms with E-state index in [-0.39, 0.29) is 29.1 Å². The van der Waals surface area contributed by atoms with Crippen LogP contribution in [0.1, 0.15) is 18.2 Å². The van der Waals surface area contributed by atoms with Crippen molar-refractivity contribution in [3.05, 3.63) is 59.1 Å². The highest BCUT2D eigenvalue weighted by Gasteiger charge is 2.20. The van der Waals surface area contributed by atoms with E-state index in [0.717, 1.165) is 22.2 Å². The van der Waals surface area contributed by atoms with Crippen LogP contribution in [0.25, 0.3) is 32.9 Å². The number of nitrogens with one attached hydrogen (secondary N) is 2. The van der Waals surface area contributed by atoms with Crippen molar-refractivity contribution >= 4 is 44.7 Å². The first kappa shape index (κ1) is 19.8. The molecule has 0 fully saturated rings. The van der Waals surface area contributed by atoms with Crippen molar-refractivity contribution in [1.29, 1.82) is 0 Å². The molecule has 0 aliphatic carbocycles. The number of halogens is 3. The highest BCUT2D eigenvalue weighted by atomic mass is 35.5. The van der Waals surface area contributed by atoms with Crippen LogP contribution in [0, 0.1) is 5.82 Å². The lowest BCUT2D eigenvalue weighted by Crippen LogP contribution is -2.19. The van der Waals surface area contributed by atoms with E-state index in [4.69, 9.17) is 11.6 Å². The monoisotopic (exact) mass is 435 g/mol. The highest BCUT2D eigenvalue weighted by Crippen LogP contribution is 2.39. The largest absolute Gasteiger partial charge is 0.760 e. The molecule has 10 heteroatoms. The van der Waals surface area contributed by atoms with Crippen LogP contribution < -0.4 is 4.72 Å². The lowest BCUT2D eigenvalue weighted by Gasteiger charge is -2.16. The van der Waals surface area contributed by atoms with Gasteiger partial charge in [-0.05, 0) is 29.5 Å². The Morgan fingerprint density at radius 1 is 1.24 bits per heavy atom. The standard InChI is InChI=1S/C19H15ClF2N4O2S/c20-18-13(15(21)5-6-25-29(27)28)3-4-16(22)17(18)10-1-2-12-11(7-10)8-23-19-14(12)9-24-26-19/h1-4,7-9,15,25H,5-6H2,(H,27,28)(H,23,24,26)/p-1. The fraction of sp³-hybridized carbons (Fsp3) is 0.158. The summed E-state index contributed by atoms with van der Waals surface area (Å²) in [6.45, 7) is -0.0946. The molecule has 29 heavy (non-hydrogen) atoms. The van der Waals surface area contributed by atoms with E-state index in [1.54, 1.807) is 24.5 Å². The van der Waals surface area contributed by atoms with Gasteiger partial charge in [-0.25, -0.2) is 18.5 Å². The summed E-state index contributed by atoms with van der Waals surface area (Å²) in [5.74, 6) is -0.582. The van der Waals surface area contributed by atoms with Crippen LogP contribution in [0.3, 0.4) is 0 Å². The van der Waals surface area contributed by atoms with Gasteiger partial charge in [-0.3, -0.25) is 9.31 Å². The van der Waals surface area contributed by atoms with E-state index in [1.807, 2.05) is 6.07 Å². The van der Waals surface area contributed by atoms with Crippen LogP contribution in [0.4, 0.5) is 8.78 Å². The molecule has 2 aromatic heterocycles. The van der Waals surface area contributed by atoms with E-state index < -0.39 is 23.3 Å². The second-order valence-electron chi connectivity index (χ2n) is 6.40. The maximum Gasteiger partial charge on any atom is 0.155 e. The van der Waals surface area contributed by atoms with Gasteiger partial charge in [0.05, 0.1) is 11.2 Å². The fourth-order valence-electron chi connectivity index (χ4n) is 3.28. The van der Waals surface area contributed by atoms with Gasteiger partial charge in [0, 0.05) is 45.9 Å². The molecular weight excluding hydrogens is 422 g/mol. The summed E-state index contributed by atoms with van der Waals surface area (Å²) in [7, 11) is 0. The zero-order valence-corrected chi connectivity index (χ0v) is 16.4. The molecule has 2 N–H and O–H groups in total. The van der Waals surface area contributed by atoms with Crippen molar-refractivity contribution in [2.75, 3.05) is 6.54 Å². The number of rotatable bonds is 6. The molecule has 0 saturated heterocycles. The van der Waals surface area contributed by atoms with Crippen molar-refractivity contribution < 1.29 is 17.5 Å². The van der Waals surface area contributed by atoms with Crippen molar-refractivity contribution in [2.45, 2.75) is 12.6 Å². The van der Waals surface area contributed by atoms with Crippen LogP contribution in [0.2, 0.25) is 5.02 Å². The molecule has 0 spiro atoms. The molecule has 0 radical (unpaired) electrons. The van der Waals surface area contributed by atoms with Crippen LogP contribution in [-0.4, -0.2) is 30.5 Å². The zero-order chi connectivity index (χ0) is 20.5. The molecule has 0 aliphatic rings. The third kappa shape index (κ3) is 3.86. The molecule has 0 amide bonds. The first-order chi connectivity index (χ1) is 14.0. The van der Waals surface area contributed by atoms with Gasteiger partial charge >= 0.3 is 0 Å². The van der Waals surface area contributed by atoms with Crippen LogP contribution >= 0.6 is 11.6 Å². The SMILES string of the molecule is O=S([O-])NCCC(F)c1ccc(F)c(-c2ccc3c(cnc4[nH]ncc43)c2)c1Cl. The van der Waals surface area contributed by atoms with Crippen LogP contribution in [-0.2, 0) is 11.3 Å². The molecule has 2 atom stereocenters. The average molecular weight is 436 g/mol. The van der Waals surface area contributed by atoms with Gasteiger partial charge in [-0.1, -0.05) is 29.8 Å². The number of hydrogen-bond acceptors (Lipinski definition) is 4. The number of aromatic amines is 1. The molecule has 4 rings (SSSR count). The second-order valence-corrected chi connectivity index (χ2v) is 7.54. The quantitative estimate of drug-likeness (QED) is 0.440. The topological polar surface area (TPSA) is 93.7 Å². The highest BCUT2D eigenvalue weighted by molar-refractivity contribution is 7.77. The van der Waals surface area contributed by atoms with Gasteiger partial charge < -0.3 is 4.55 Å². The number of alkyl halides is 1. The summed E-state index contributed by atoms with van der Waals surface area (Å²) in [4.78, 5) is 4.28. The van der Waals surface area contributed by atoms with E-state index in [2.05, 4.69) is 19.9 Å². The number of benzene rings is 2. The Morgan fingerprint density at radius 3 is 2.86 bits per heavy atom. The summed E-state index contributed by atoms with van der Waals surface area (Å²) in [6.07, 6.45) is 1.63. The lowest BCUT2D eigenvalue weighted by atomic mass is 9.97. The first-order valence-corrected chi connectivity index (χ1v) is 10.1. The number of fused-ring (bicyclic) bond motifs is 3. The Labute approximate surface area is 171 Å².